The minimum atomic E-state index is -0.279. The summed E-state index contributed by atoms with van der Waals surface area (Å²) in [6, 6.07) is 9.58. The number of halogens is 1. The normalized spacial score (nSPS) is 20.3. The molecule has 8 heteroatoms. The highest BCUT2D eigenvalue weighted by Gasteiger charge is 2.31. The number of carbonyl (C=O) groups excluding carboxylic acids is 1. The average molecular weight is 364 g/mol. The molecule has 6 nitrogen and oxygen atoms in total. The van der Waals surface area contributed by atoms with Crippen molar-refractivity contribution >= 4 is 45.0 Å². The van der Waals surface area contributed by atoms with Crippen molar-refractivity contribution in [1.82, 2.24) is 15.5 Å². The fourth-order valence-electron chi connectivity index (χ4n) is 1.77. The van der Waals surface area contributed by atoms with Gasteiger partial charge in [0.2, 0.25) is 5.91 Å². The van der Waals surface area contributed by atoms with Crippen LogP contribution in [0.1, 0.15) is 16.5 Å². The molecule has 0 radical (unpaired) electrons. The van der Waals surface area contributed by atoms with Crippen LogP contribution in [0, 0.1) is 0 Å². The molecule has 1 aliphatic heterocycles. The molecule has 3 rings (SSSR count). The van der Waals surface area contributed by atoms with Crippen molar-refractivity contribution in [1.29, 1.82) is 0 Å². The number of rotatable bonds is 3. The first kappa shape index (κ1) is 14.0. The van der Waals surface area contributed by atoms with Crippen molar-refractivity contribution in [3.63, 3.8) is 0 Å². The summed E-state index contributed by atoms with van der Waals surface area (Å²) < 4.78 is 0.803. The number of H-pyrrole nitrogens is 1. The molecule has 0 saturated carbocycles. The molecule has 1 unspecified atom stereocenters. The van der Waals surface area contributed by atoms with Crippen LogP contribution in [-0.4, -0.2) is 27.5 Å². The molecule has 106 valence electrons. The van der Waals surface area contributed by atoms with Gasteiger partial charge in [0.25, 0.3) is 0 Å². The minimum absolute atomic E-state index is 0.0807. The number of hydrogen-bond acceptors (Lipinski definition) is 5. The number of carbonyl (C=O) groups is 1. The second kappa shape index (κ2) is 6.23. The van der Waals surface area contributed by atoms with Gasteiger partial charge in [-0.1, -0.05) is 42.1 Å². The number of nitrogens with one attached hydrogen (secondary N) is 2. The molecule has 2 N–H and O–H groups in total. The highest BCUT2D eigenvalue weighted by molar-refractivity contribution is 9.10. The molecule has 0 bridgehead atoms. The number of nitrogens with zero attached hydrogens (tertiary/aromatic N) is 3. The molecule has 1 aromatic carbocycles. The van der Waals surface area contributed by atoms with Crippen molar-refractivity contribution in [3.8, 4) is 0 Å². The Morgan fingerprint density at radius 1 is 1.33 bits per heavy atom. The number of hydrogen-bond donors (Lipinski definition) is 2. The van der Waals surface area contributed by atoms with Gasteiger partial charge in [0.1, 0.15) is 5.25 Å². The van der Waals surface area contributed by atoms with Crippen molar-refractivity contribution in [2.45, 2.75) is 5.25 Å². The van der Waals surface area contributed by atoms with E-state index in [1.807, 2.05) is 30.3 Å². The first-order chi connectivity index (χ1) is 10.2. The van der Waals surface area contributed by atoms with Crippen LogP contribution in [0.5, 0.6) is 0 Å². The third-order valence-corrected chi connectivity index (χ3v) is 4.52. The third kappa shape index (κ3) is 3.22. The lowest BCUT2D eigenvalue weighted by Crippen LogP contribution is -2.21. The van der Waals surface area contributed by atoms with Gasteiger partial charge in [-0.3, -0.25) is 9.89 Å². The third-order valence-electron chi connectivity index (χ3n) is 2.76. The quantitative estimate of drug-likeness (QED) is 0.648. The summed E-state index contributed by atoms with van der Waals surface area (Å²) in [6.45, 7) is 0. The molecule has 0 aliphatic carbocycles. The second-order valence-electron chi connectivity index (χ2n) is 4.18. The lowest BCUT2D eigenvalue weighted by atomic mass is 10.1. The Bertz CT molecular complexity index is 712. The first-order valence-corrected chi connectivity index (χ1v) is 7.73. The largest absolute Gasteiger partial charge is 0.302 e. The van der Waals surface area contributed by atoms with Gasteiger partial charge in [-0.2, -0.15) is 10.2 Å². The number of thioether (sulfide) groups is 1. The first-order valence-electron chi connectivity index (χ1n) is 6.06. The van der Waals surface area contributed by atoms with E-state index < -0.39 is 0 Å². The molecule has 1 amide bonds. The summed E-state index contributed by atoms with van der Waals surface area (Å²) >= 11 is 4.67. The standard InChI is InChI=1S/C13H10BrN5OS/c14-9-6-15-18-10(9)7-16-19-13-17-12(20)11(21-13)8-4-2-1-3-5-8/h1-7,11H,(H,15,18)(H,17,19,20)/b16-7-. The van der Waals surface area contributed by atoms with E-state index in [-0.39, 0.29) is 11.2 Å². The molecule has 1 saturated heterocycles. The van der Waals surface area contributed by atoms with E-state index in [0.29, 0.717) is 10.9 Å². The Hall–Kier alpha value is -1.93. The summed E-state index contributed by atoms with van der Waals surface area (Å²) in [6.07, 6.45) is 3.17. The van der Waals surface area contributed by atoms with Crippen molar-refractivity contribution < 1.29 is 4.79 Å². The van der Waals surface area contributed by atoms with Gasteiger partial charge in [-0.25, -0.2) is 0 Å². The summed E-state index contributed by atoms with van der Waals surface area (Å²) in [5.74, 6) is -0.0807. The molecule has 21 heavy (non-hydrogen) atoms. The summed E-state index contributed by atoms with van der Waals surface area (Å²) in [5.41, 5.74) is 1.67. The Kier molecular flexibility index (Phi) is 4.16. The van der Waals surface area contributed by atoms with E-state index in [9.17, 15) is 4.79 Å². The lowest BCUT2D eigenvalue weighted by Gasteiger charge is -2.03. The van der Waals surface area contributed by atoms with Gasteiger partial charge in [0, 0.05) is 0 Å². The van der Waals surface area contributed by atoms with Crippen LogP contribution < -0.4 is 5.32 Å². The molecule has 0 spiro atoms. The van der Waals surface area contributed by atoms with E-state index in [2.05, 4.69) is 41.6 Å². The predicted octanol–water partition coefficient (Wildman–Crippen LogP) is 2.47. The predicted molar refractivity (Wildman–Crippen MR) is 86.2 cm³/mol. The van der Waals surface area contributed by atoms with Crippen LogP contribution in [0.25, 0.3) is 0 Å². The Morgan fingerprint density at radius 2 is 2.14 bits per heavy atom. The summed E-state index contributed by atoms with van der Waals surface area (Å²) in [7, 11) is 0. The minimum Gasteiger partial charge on any atom is -0.302 e. The SMILES string of the molecule is O=C1N/C(=N/N=C\c2[nH]ncc2Br)SC1c1ccccc1. The smallest absolute Gasteiger partial charge is 0.244 e. The number of benzene rings is 1. The maximum Gasteiger partial charge on any atom is 0.244 e. The van der Waals surface area contributed by atoms with Crippen LogP contribution in [0.15, 0.2) is 51.2 Å². The van der Waals surface area contributed by atoms with Gasteiger partial charge in [0.15, 0.2) is 5.17 Å². The summed E-state index contributed by atoms with van der Waals surface area (Å²) in [4.78, 5) is 11.9. The molecular formula is C13H10BrN5OS. The zero-order valence-electron chi connectivity index (χ0n) is 10.7. The monoisotopic (exact) mass is 363 g/mol. The van der Waals surface area contributed by atoms with Gasteiger partial charge in [0.05, 0.1) is 22.6 Å². The Labute approximate surface area is 133 Å². The van der Waals surface area contributed by atoms with Gasteiger partial charge < -0.3 is 5.32 Å². The van der Waals surface area contributed by atoms with E-state index in [1.54, 1.807) is 6.20 Å². The zero-order chi connectivity index (χ0) is 14.7. The molecule has 1 fully saturated rings. The highest BCUT2D eigenvalue weighted by atomic mass is 79.9. The van der Waals surface area contributed by atoms with Crippen LogP contribution in [0.2, 0.25) is 0 Å². The zero-order valence-corrected chi connectivity index (χ0v) is 13.1. The molecular weight excluding hydrogens is 354 g/mol. The molecule has 1 atom stereocenters. The highest BCUT2D eigenvalue weighted by Crippen LogP contribution is 2.34. The number of aromatic amines is 1. The van der Waals surface area contributed by atoms with Crippen molar-refractivity contribution in [2.75, 3.05) is 0 Å². The molecule has 2 aromatic rings. The number of amides is 1. The maximum absolute atomic E-state index is 11.9. The molecule has 1 aliphatic rings. The van der Waals surface area contributed by atoms with E-state index in [1.165, 1.54) is 18.0 Å². The van der Waals surface area contributed by atoms with Crippen molar-refractivity contribution in [3.05, 3.63) is 52.3 Å². The van der Waals surface area contributed by atoms with Crippen LogP contribution in [0.4, 0.5) is 0 Å². The van der Waals surface area contributed by atoms with Gasteiger partial charge in [-0.05, 0) is 21.5 Å². The van der Waals surface area contributed by atoms with Crippen molar-refractivity contribution in [2.24, 2.45) is 10.2 Å². The summed E-state index contributed by atoms with van der Waals surface area (Å²) in [5, 5.41) is 17.5. The van der Waals surface area contributed by atoms with Crippen LogP contribution in [-0.2, 0) is 4.79 Å². The number of amidine groups is 1. The fraction of sp³-hybridized carbons (Fsp3) is 0.0769. The maximum atomic E-state index is 11.9. The van der Waals surface area contributed by atoms with Gasteiger partial charge >= 0.3 is 0 Å². The number of aromatic nitrogens is 2. The van der Waals surface area contributed by atoms with Crippen LogP contribution in [0.3, 0.4) is 0 Å². The topological polar surface area (TPSA) is 82.5 Å². The van der Waals surface area contributed by atoms with E-state index in [4.69, 9.17) is 0 Å². The van der Waals surface area contributed by atoms with Crippen LogP contribution >= 0.6 is 27.7 Å². The Balaban J connectivity index is 1.71. The molecule has 1 aromatic heterocycles. The van der Waals surface area contributed by atoms with E-state index in [0.717, 1.165) is 10.0 Å². The molecule has 2 heterocycles. The lowest BCUT2D eigenvalue weighted by molar-refractivity contribution is -0.118. The second-order valence-corrected chi connectivity index (χ2v) is 6.13. The fourth-order valence-corrected chi connectivity index (χ4v) is 3.00. The van der Waals surface area contributed by atoms with Gasteiger partial charge in [-0.15, -0.1) is 5.10 Å². The average Bonchev–Trinajstić information content (AvgIpc) is 3.06. The van der Waals surface area contributed by atoms with E-state index >= 15 is 0 Å². The Morgan fingerprint density at radius 3 is 2.86 bits per heavy atom.